The fraction of sp³-hybridized carbons (Fsp3) is 0.667. The van der Waals surface area contributed by atoms with E-state index in [9.17, 15) is 48.1 Å². The second-order valence-electron chi connectivity index (χ2n) is 18.2. The molecule has 1 aromatic carbocycles. The molecule has 1 saturated heterocycles. The minimum Gasteiger partial charge on any atom is -0.497 e. The number of nitrogens with zero attached hydrogens (tertiary/aromatic N) is 1. The average molecular weight is 883 g/mol. The van der Waals surface area contributed by atoms with Crippen molar-refractivity contribution in [3.05, 3.63) is 41.0 Å². The van der Waals surface area contributed by atoms with Gasteiger partial charge >= 0.3 is 30.1 Å². The molecule has 0 aromatic heterocycles. The molecule has 1 aliphatic heterocycles. The van der Waals surface area contributed by atoms with Crippen molar-refractivity contribution >= 4 is 35.9 Å². The summed E-state index contributed by atoms with van der Waals surface area (Å²) in [6.45, 7) is 10.6. The normalized spacial score (nSPS) is 32.2. The van der Waals surface area contributed by atoms with E-state index in [-0.39, 0.29) is 28.9 Å². The fourth-order valence-electron chi connectivity index (χ4n) is 9.31. The Morgan fingerprint density at radius 1 is 1.05 bits per heavy atom. The number of esters is 3. The zero-order valence-corrected chi connectivity index (χ0v) is 36.5. The monoisotopic (exact) mass is 882 g/mol. The van der Waals surface area contributed by atoms with E-state index in [1.807, 2.05) is 0 Å². The van der Waals surface area contributed by atoms with Crippen LogP contribution in [-0.2, 0) is 42.8 Å². The molecule has 3 fully saturated rings. The molecule has 2 saturated carbocycles. The number of aliphatic hydroxyl groups is 3. The molecule has 344 valence electrons. The first-order valence-electron chi connectivity index (χ1n) is 19.9. The number of fused-ring (bicyclic) bond motifs is 5. The van der Waals surface area contributed by atoms with Gasteiger partial charge in [-0.15, -0.1) is 0 Å². The van der Waals surface area contributed by atoms with E-state index in [1.165, 1.54) is 87.9 Å². The number of methoxy groups -OCH3 is 1. The maximum Gasteiger partial charge on any atom is 0.410 e. The Kier molecular flexibility index (Phi) is 13.2. The Bertz CT molecular complexity index is 2000. The number of Topliss-reactive ketones (excluding diaryl/α,β-unsaturated/α-hetero) is 1. The van der Waals surface area contributed by atoms with Crippen LogP contribution in [0.1, 0.15) is 78.6 Å². The number of alkyl halides is 2. The van der Waals surface area contributed by atoms with Gasteiger partial charge in [-0.05, 0) is 64.0 Å². The first kappa shape index (κ1) is 48.1. The summed E-state index contributed by atoms with van der Waals surface area (Å²) >= 11 is 0. The summed E-state index contributed by atoms with van der Waals surface area (Å²) in [6.07, 6.45) is -18.3. The topological polar surface area (TPSA) is 243 Å². The highest BCUT2D eigenvalue weighted by molar-refractivity contribution is 5.95. The minimum atomic E-state index is -3.54. The SMILES string of the molecule is COc1cccc(C(=O)O[C@H]2[C@@H]3[C@]4(OC(C)=O)CO[C@@H]4C[C@H](O)[C@@]3(C)C(=O)[C@H](OC(=O)N(C)C)C3=C(C)[C@@H](OC(=O)[C@H](O)[C@@H](NC(=O)OC(C)(C)C)C(F)F)C[C@]2(O)C3(C)C)c1. The number of aliphatic hydroxyl groups excluding tert-OH is 2. The fourth-order valence-corrected chi connectivity index (χ4v) is 9.31. The maximum absolute atomic E-state index is 15.6. The van der Waals surface area contributed by atoms with Gasteiger partial charge in [-0.3, -0.25) is 9.59 Å². The number of alkyl carbamates (subject to hydrolysis) is 1. The lowest BCUT2D eigenvalue weighted by atomic mass is 9.44. The summed E-state index contributed by atoms with van der Waals surface area (Å²) in [5, 5.41) is 38.5. The number of halogens is 2. The number of ketones is 1. The zero-order chi connectivity index (χ0) is 46.7. The van der Waals surface area contributed by atoms with E-state index in [0.717, 1.165) is 11.8 Å². The third-order valence-corrected chi connectivity index (χ3v) is 12.6. The van der Waals surface area contributed by atoms with E-state index < -0.39 is 132 Å². The number of hydrogen-bond acceptors (Lipinski definition) is 16. The molecule has 1 heterocycles. The van der Waals surface area contributed by atoms with Gasteiger partial charge in [0.1, 0.15) is 41.3 Å². The number of ether oxygens (including phenoxy) is 7. The number of carbonyl (C=O) groups excluding carboxylic acids is 6. The van der Waals surface area contributed by atoms with Crippen LogP contribution < -0.4 is 10.1 Å². The Morgan fingerprint density at radius 3 is 2.23 bits per heavy atom. The summed E-state index contributed by atoms with van der Waals surface area (Å²) in [7, 11) is 4.02. The zero-order valence-electron chi connectivity index (χ0n) is 36.5. The number of hydrogen-bond donors (Lipinski definition) is 4. The number of carbonyl (C=O) groups is 6. The summed E-state index contributed by atoms with van der Waals surface area (Å²) in [6, 6.07) is 3.19. The van der Waals surface area contributed by atoms with Crippen molar-refractivity contribution in [2.24, 2.45) is 16.7 Å². The van der Waals surface area contributed by atoms with Crippen LogP contribution in [0.2, 0.25) is 0 Å². The van der Waals surface area contributed by atoms with E-state index in [1.54, 1.807) is 11.4 Å². The predicted octanol–water partition coefficient (Wildman–Crippen LogP) is 2.87. The van der Waals surface area contributed by atoms with Gasteiger partial charge in [-0.25, -0.2) is 28.0 Å². The quantitative estimate of drug-likeness (QED) is 0.150. The lowest BCUT2D eigenvalue weighted by Crippen LogP contribution is -2.82. The highest BCUT2D eigenvalue weighted by Gasteiger charge is 2.78. The second-order valence-corrected chi connectivity index (χ2v) is 18.2. The molecule has 2 amide bonds. The third kappa shape index (κ3) is 8.33. The molecular formula is C42H56F2N2O16. The standard InChI is InChI=1S/C42H56F2N2O16/c1-19-23(58-35(52)28(49)27(33(43)44)45-36(53)62-38(3,4)5)17-42(55)32(60-34(51)21-13-12-14-22(15-21)56-11)30-40(8,24(48)16-25-41(30,18-57-25)61-20(2)47)31(50)29(26(19)39(42,6)7)59-37(54)46(9)10/h12-15,23-25,27-30,32-33,48-49,55H,16-18H2,1-11H3,(H,45,53)/t23-,24-,25+,27+,28+,29+,30-,32-,40+,41-,42+/m0/s1. The first-order chi connectivity index (χ1) is 28.6. The van der Waals surface area contributed by atoms with Gasteiger partial charge in [-0.2, -0.15) is 0 Å². The van der Waals surface area contributed by atoms with Gasteiger partial charge in [0.2, 0.25) is 0 Å². The van der Waals surface area contributed by atoms with Crippen molar-refractivity contribution in [2.75, 3.05) is 27.8 Å². The molecule has 0 unspecified atom stereocenters. The van der Waals surface area contributed by atoms with Gasteiger partial charge < -0.3 is 58.7 Å². The number of benzene rings is 1. The second kappa shape index (κ2) is 17.0. The highest BCUT2D eigenvalue weighted by Crippen LogP contribution is 2.64. The van der Waals surface area contributed by atoms with Crippen molar-refractivity contribution in [1.82, 2.24) is 10.2 Å². The number of nitrogens with one attached hydrogen (secondary N) is 1. The van der Waals surface area contributed by atoms with Gasteiger partial charge in [0.05, 0.1) is 36.7 Å². The molecule has 4 aliphatic rings. The lowest BCUT2D eigenvalue weighted by Gasteiger charge is -2.67. The van der Waals surface area contributed by atoms with E-state index in [0.29, 0.717) is 0 Å². The van der Waals surface area contributed by atoms with Crippen LogP contribution in [0.15, 0.2) is 35.4 Å². The van der Waals surface area contributed by atoms with Crippen LogP contribution in [-0.4, -0.2) is 150 Å². The molecule has 5 rings (SSSR count). The van der Waals surface area contributed by atoms with Gasteiger partial charge in [0, 0.05) is 39.3 Å². The third-order valence-electron chi connectivity index (χ3n) is 12.6. The molecule has 3 aliphatic carbocycles. The van der Waals surface area contributed by atoms with Crippen molar-refractivity contribution < 1.29 is 86.0 Å². The van der Waals surface area contributed by atoms with Gasteiger partial charge in [-0.1, -0.05) is 19.9 Å². The van der Waals surface area contributed by atoms with Gasteiger partial charge in [0.25, 0.3) is 6.43 Å². The molecule has 4 N–H and O–H groups in total. The largest absolute Gasteiger partial charge is 0.497 e. The molecule has 2 bridgehead atoms. The van der Waals surface area contributed by atoms with E-state index >= 15 is 4.79 Å². The van der Waals surface area contributed by atoms with Crippen molar-refractivity contribution in [2.45, 2.75) is 134 Å². The molecule has 18 nitrogen and oxygen atoms in total. The lowest BCUT2D eigenvalue weighted by molar-refractivity contribution is -0.345. The number of rotatable bonds is 10. The highest BCUT2D eigenvalue weighted by atomic mass is 19.3. The predicted molar refractivity (Wildman–Crippen MR) is 209 cm³/mol. The Hall–Kier alpha value is -4.92. The summed E-state index contributed by atoms with van der Waals surface area (Å²) in [4.78, 5) is 83.6. The van der Waals surface area contributed by atoms with Crippen molar-refractivity contribution in [3.8, 4) is 5.75 Å². The van der Waals surface area contributed by atoms with E-state index in [4.69, 9.17) is 33.2 Å². The molecule has 1 aromatic rings. The molecular weight excluding hydrogens is 826 g/mol. The summed E-state index contributed by atoms with van der Waals surface area (Å²) < 4.78 is 68.8. The smallest absolute Gasteiger partial charge is 0.410 e. The summed E-state index contributed by atoms with van der Waals surface area (Å²) in [5.41, 5.74) is -9.95. The van der Waals surface area contributed by atoms with Crippen molar-refractivity contribution in [3.63, 3.8) is 0 Å². The van der Waals surface area contributed by atoms with Gasteiger partial charge in [0.15, 0.2) is 23.6 Å². The van der Waals surface area contributed by atoms with Crippen LogP contribution >= 0.6 is 0 Å². The molecule has 62 heavy (non-hydrogen) atoms. The minimum absolute atomic E-state index is 0.0383. The average Bonchev–Trinajstić information content (AvgIpc) is 3.16. The van der Waals surface area contributed by atoms with E-state index in [2.05, 4.69) is 0 Å². The Labute approximate surface area is 357 Å². The molecule has 0 radical (unpaired) electrons. The van der Waals surface area contributed by atoms with Crippen molar-refractivity contribution in [1.29, 1.82) is 0 Å². The first-order valence-corrected chi connectivity index (χ1v) is 19.9. The number of amides is 2. The van der Waals surface area contributed by atoms with Crippen LogP contribution in [0.4, 0.5) is 18.4 Å². The van der Waals surface area contributed by atoms with Crippen LogP contribution in [0.25, 0.3) is 0 Å². The molecule has 0 spiro atoms. The summed E-state index contributed by atoms with van der Waals surface area (Å²) in [5.74, 6) is -6.10. The molecule has 11 atom stereocenters. The van der Waals surface area contributed by atoms with Crippen LogP contribution in [0.5, 0.6) is 5.75 Å². The molecule has 20 heteroatoms. The Morgan fingerprint density at radius 2 is 1.69 bits per heavy atom. The van der Waals surface area contributed by atoms with Crippen LogP contribution in [0, 0.1) is 16.7 Å². The Balaban J connectivity index is 1.76. The maximum atomic E-state index is 15.6. The van der Waals surface area contributed by atoms with Crippen LogP contribution in [0.3, 0.4) is 0 Å².